The number of esters is 1. The lowest BCUT2D eigenvalue weighted by Gasteiger charge is -2.04. The van der Waals surface area contributed by atoms with Crippen LogP contribution < -0.4 is 4.74 Å². The SMILES string of the molecule is CC(=O)Oc1ccnc(C)c1Br. The molecule has 0 unspecified atom stereocenters. The maximum atomic E-state index is 10.6. The van der Waals surface area contributed by atoms with Crippen LogP contribution in [0.5, 0.6) is 5.75 Å². The number of halogens is 1. The zero-order valence-electron chi connectivity index (χ0n) is 6.80. The third kappa shape index (κ3) is 2.04. The van der Waals surface area contributed by atoms with Gasteiger partial charge in [-0.3, -0.25) is 9.78 Å². The van der Waals surface area contributed by atoms with Crippen molar-refractivity contribution in [2.24, 2.45) is 0 Å². The molecule has 0 saturated carbocycles. The number of rotatable bonds is 1. The Labute approximate surface area is 78.9 Å². The number of carbonyl (C=O) groups is 1. The van der Waals surface area contributed by atoms with E-state index in [1.807, 2.05) is 6.92 Å². The van der Waals surface area contributed by atoms with Gasteiger partial charge in [-0.1, -0.05) is 0 Å². The standard InChI is InChI=1S/C8H8BrNO2/c1-5-8(9)7(3-4-10-5)12-6(2)11/h3-4H,1-2H3. The van der Waals surface area contributed by atoms with Gasteiger partial charge in [0.1, 0.15) is 5.75 Å². The van der Waals surface area contributed by atoms with Crippen molar-refractivity contribution in [3.8, 4) is 5.75 Å². The zero-order chi connectivity index (χ0) is 9.14. The molecule has 0 aliphatic rings. The van der Waals surface area contributed by atoms with Gasteiger partial charge in [0.25, 0.3) is 0 Å². The summed E-state index contributed by atoms with van der Waals surface area (Å²) in [7, 11) is 0. The van der Waals surface area contributed by atoms with Crippen molar-refractivity contribution in [3.05, 3.63) is 22.4 Å². The second kappa shape index (κ2) is 3.67. The molecule has 1 aromatic heterocycles. The Morgan fingerprint density at radius 1 is 1.67 bits per heavy atom. The van der Waals surface area contributed by atoms with E-state index < -0.39 is 0 Å². The van der Waals surface area contributed by atoms with Crippen molar-refractivity contribution in [1.29, 1.82) is 0 Å². The monoisotopic (exact) mass is 229 g/mol. The van der Waals surface area contributed by atoms with E-state index in [2.05, 4.69) is 20.9 Å². The quantitative estimate of drug-likeness (QED) is 0.693. The summed E-state index contributed by atoms with van der Waals surface area (Å²) in [5.74, 6) is 0.177. The van der Waals surface area contributed by atoms with E-state index in [9.17, 15) is 4.79 Å². The molecule has 0 aromatic carbocycles. The first-order valence-corrected chi connectivity index (χ1v) is 4.20. The summed E-state index contributed by atoms with van der Waals surface area (Å²) in [6.45, 7) is 3.19. The average Bonchev–Trinajstić information content (AvgIpc) is 1.98. The molecular formula is C8H8BrNO2. The molecule has 0 amide bonds. The Bertz CT molecular complexity index is 312. The predicted octanol–water partition coefficient (Wildman–Crippen LogP) is 2.08. The Morgan fingerprint density at radius 2 is 2.33 bits per heavy atom. The molecule has 12 heavy (non-hydrogen) atoms. The highest BCUT2D eigenvalue weighted by molar-refractivity contribution is 9.10. The van der Waals surface area contributed by atoms with Crippen LogP contribution in [0.1, 0.15) is 12.6 Å². The molecule has 0 aliphatic carbocycles. The van der Waals surface area contributed by atoms with Gasteiger partial charge in [0.2, 0.25) is 0 Å². The van der Waals surface area contributed by atoms with Gasteiger partial charge in [-0.05, 0) is 22.9 Å². The molecule has 0 radical (unpaired) electrons. The lowest BCUT2D eigenvalue weighted by Crippen LogP contribution is -2.02. The minimum absolute atomic E-state index is 0.332. The van der Waals surface area contributed by atoms with Gasteiger partial charge >= 0.3 is 5.97 Å². The van der Waals surface area contributed by atoms with Crippen molar-refractivity contribution in [2.45, 2.75) is 13.8 Å². The molecule has 1 aromatic rings. The van der Waals surface area contributed by atoms with Crippen molar-refractivity contribution < 1.29 is 9.53 Å². The highest BCUT2D eigenvalue weighted by Crippen LogP contribution is 2.26. The first-order valence-electron chi connectivity index (χ1n) is 3.41. The molecule has 4 heteroatoms. The molecule has 1 heterocycles. The van der Waals surface area contributed by atoms with E-state index in [-0.39, 0.29) is 5.97 Å². The fraction of sp³-hybridized carbons (Fsp3) is 0.250. The second-order valence-corrected chi connectivity index (χ2v) is 3.10. The number of carbonyl (C=O) groups excluding carboxylic acids is 1. The van der Waals surface area contributed by atoms with E-state index in [0.717, 1.165) is 10.2 Å². The van der Waals surface area contributed by atoms with Crippen molar-refractivity contribution >= 4 is 21.9 Å². The largest absolute Gasteiger partial charge is 0.425 e. The number of nitrogens with zero attached hydrogens (tertiary/aromatic N) is 1. The van der Waals surface area contributed by atoms with Gasteiger partial charge in [-0.15, -0.1) is 0 Å². The maximum absolute atomic E-state index is 10.6. The van der Waals surface area contributed by atoms with Crippen LogP contribution in [0.15, 0.2) is 16.7 Å². The van der Waals surface area contributed by atoms with Gasteiger partial charge in [0, 0.05) is 19.2 Å². The van der Waals surface area contributed by atoms with Crippen LogP contribution in [0, 0.1) is 6.92 Å². The third-order valence-electron chi connectivity index (χ3n) is 1.28. The number of aryl methyl sites for hydroxylation is 1. The topological polar surface area (TPSA) is 39.2 Å². The van der Waals surface area contributed by atoms with E-state index in [4.69, 9.17) is 4.74 Å². The van der Waals surface area contributed by atoms with Crippen molar-refractivity contribution in [1.82, 2.24) is 4.98 Å². The summed E-state index contributed by atoms with van der Waals surface area (Å²) in [4.78, 5) is 14.6. The van der Waals surface area contributed by atoms with E-state index in [0.29, 0.717) is 5.75 Å². The maximum Gasteiger partial charge on any atom is 0.308 e. The predicted molar refractivity (Wildman–Crippen MR) is 48.0 cm³/mol. The van der Waals surface area contributed by atoms with Gasteiger partial charge in [0.05, 0.1) is 10.2 Å². The van der Waals surface area contributed by atoms with Gasteiger partial charge in [-0.2, -0.15) is 0 Å². The van der Waals surface area contributed by atoms with Crippen LogP contribution in [0.4, 0.5) is 0 Å². The fourth-order valence-corrected chi connectivity index (χ4v) is 1.07. The summed E-state index contributed by atoms with van der Waals surface area (Å²) < 4.78 is 5.62. The molecule has 0 spiro atoms. The molecule has 0 N–H and O–H groups in total. The molecule has 0 saturated heterocycles. The summed E-state index contributed by atoms with van der Waals surface area (Å²) in [6, 6.07) is 1.64. The van der Waals surface area contributed by atoms with Crippen LogP contribution >= 0.6 is 15.9 Å². The number of pyridine rings is 1. The number of hydrogen-bond donors (Lipinski definition) is 0. The molecular weight excluding hydrogens is 222 g/mol. The summed E-state index contributed by atoms with van der Waals surface area (Å²) in [5.41, 5.74) is 0.800. The van der Waals surface area contributed by atoms with Crippen LogP contribution in [-0.2, 0) is 4.79 Å². The van der Waals surface area contributed by atoms with Gasteiger partial charge < -0.3 is 4.74 Å². The summed E-state index contributed by atoms with van der Waals surface area (Å²) in [6.07, 6.45) is 1.60. The first-order chi connectivity index (χ1) is 5.61. The van der Waals surface area contributed by atoms with Gasteiger partial charge in [-0.25, -0.2) is 0 Å². The third-order valence-corrected chi connectivity index (χ3v) is 2.25. The Kier molecular flexibility index (Phi) is 2.81. The van der Waals surface area contributed by atoms with Crippen LogP contribution in [-0.4, -0.2) is 11.0 Å². The molecule has 1 rings (SSSR count). The first kappa shape index (κ1) is 9.19. The highest BCUT2D eigenvalue weighted by atomic mass is 79.9. The minimum atomic E-state index is -0.332. The lowest BCUT2D eigenvalue weighted by atomic mass is 10.3. The molecule has 0 fully saturated rings. The normalized spacial score (nSPS) is 9.58. The summed E-state index contributed by atoms with van der Waals surface area (Å²) >= 11 is 3.27. The van der Waals surface area contributed by atoms with E-state index in [1.165, 1.54) is 6.92 Å². The number of ether oxygens (including phenoxy) is 1. The van der Waals surface area contributed by atoms with Crippen LogP contribution in [0.2, 0.25) is 0 Å². The molecule has 3 nitrogen and oxygen atoms in total. The zero-order valence-corrected chi connectivity index (χ0v) is 8.38. The van der Waals surface area contributed by atoms with Crippen LogP contribution in [0.25, 0.3) is 0 Å². The molecule has 0 atom stereocenters. The van der Waals surface area contributed by atoms with Crippen molar-refractivity contribution in [2.75, 3.05) is 0 Å². The smallest absolute Gasteiger partial charge is 0.308 e. The van der Waals surface area contributed by atoms with E-state index >= 15 is 0 Å². The average molecular weight is 230 g/mol. The van der Waals surface area contributed by atoms with E-state index in [1.54, 1.807) is 12.3 Å². The molecule has 0 bridgehead atoms. The second-order valence-electron chi connectivity index (χ2n) is 2.30. The van der Waals surface area contributed by atoms with Gasteiger partial charge in [0.15, 0.2) is 0 Å². The number of hydrogen-bond acceptors (Lipinski definition) is 3. The Balaban J connectivity index is 3.00. The summed E-state index contributed by atoms with van der Waals surface area (Å²) in [5, 5.41) is 0. The fourth-order valence-electron chi connectivity index (χ4n) is 0.759. The molecule has 0 aliphatic heterocycles. The minimum Gasteiger partial charge on any atom is -0.425 e. The lowest BCUT2D eigenvalue weighted by molar-refractivity contribution is -0.131. The van der Waals surface area contributed by atoms with Crippen LogP contribution in [0.3, 0.4) is 0 Å². The highest BCUT2D eigenvalue weighted by Gasteiger charge is 2.05. The van der Waals surface area contributed by atoms with Crippen molar-refractivity contribution in [3.63, 3.8) is 0 Å². The Morgan fingerprint density at radius 3 is 2.92 bits per heavy atom. The Hall–Kier alpha value is -0.900. The molecule has 64 valence electrons. The number of aromatic nitrogens is 1.